The molecule has 1 aromatic rings. The Morgan fingerprint density at radius 3 is 2.43 bits per heavy atom. The summed E-state index contributed by atoms with van der Waals surface area (Å²) in [6.45, 7) is 5.58. The molecular formula is C19H28N3O+. The van der Waals surface area contributed by atoms with Crippen LogP contribution in [-0.4, -0.2) is 25.0 Å². The maximum Gasteiger partial charge on any atom is 0.276 e. The van der Waals surface area contributed by atoms with Crippen molar-refractivity contribution >= 4 is 5.91 Å². The fourth-order valence-electron chi connectivity index (χ4n) is 3.26. The highest BCUT2D eigenvalue weighted by atomic mass is 16.2. The van der Waals surface area contributed by atoms with Crippen LogP contribution in [0.4, 0.5) is 0 Å². The Morgan fingerprint density at radius 2 is 1.91 bits per heavy atom. The minimum Gasteiger partial charge on any atom is -0.333 e. The molecular weight excluding hydrogens is 286 g/mol. The Bertz CT molecular complexity index is 565. The molecule has 2 N–H and O–H groups in total. The number of rotatable bonds is 6. The van der Waals surface area contributed by atoms with Gasteiger partial charge in [0.2, 0.25) is 0 Å². The normalized spacial score (nSPS) is 17.7. The van der Waals surface area contributed by atoms with Crippen LogP contribution in [0.2, 0.25) is 0 Å². The van der Waals surface area contributed by atoms with Crippen molar-refractivity contribution in [3.8, 4) is 6.07 Å². The first kappa shape index (κ1) is 17.5. The summed E-state index contributed by atoms with van der Waals surface area (Å²) < 4.78 is 0. The number of likely N-dealkylation sites (N-methyl/N-ethyl adjacent to an activating group) is 1. The van der Waals surface area contributed by atoms with E-state index < -0.39 is 5.54 Å². The Morgan fingerprint density at radius 1 is 1.30 bits per heavy atom. The van der Waals surface area contributed by atoms with Crippen molar-refractivity contribution in [2.24, 2.45) is 0 Å². The quantitative estimate of drug-likeness (QED) is 0.841. The molecule has 0 aliphatic heterocycles. The molecule has 0 bridgehead atoms. The minimum atomic E-state index is -0.615. The lowest BCUT2D eigenvalue weighted by Crippen LogP contribution is -3.09. The van der Waals surface area contributed by atoms with Gasteiger partial charge in [-0.1, -0.05) is 38.1 Å². The highest BCUT2D eigenvalue weighted by Crippen LogP contribution is 2.28. The second kappa shape index (κ2) is 7.61. The standard InChI is InChI=1S/C19H27N3O/c1-15(2)17-8-6-16(7-9-17)12-22(3)13-18(23)21-19(14-20)10-4-5-11-19/h6-9,15H,4-5,10-13H2,1-3H3,(H,21,23)/p+1. The van der Waals surface area contributed by atoms with Crippen LogP contribution in [0.25, 0.3) is 0 Å². The van der Waals surface area contributed by atoms with Crippen molar-refractivity contribution in [1.82, 2.24) is 5.32 Å². The second-order valence-corrected chi connectivity index (χ2v) is 7.16. The first-order valence-corrected chi connectivity index (χ1v) is 8.56. The van der Waals surface area contributed by atoms with Crippen LogP contribution >= 0.6 is 0 Å². The zero-order chi connectivity index (χ0) is 16.9. The fraction of sp³-hybridized carbons (Fsp3) is 0.579. The monoisotopic (exact) mass is 314 g/mol. The molecule has 124 valence electrons. The lowest BCUT2D eigenvalue weighted by atomic mass is 10.00. The molecule has 23 heavy (non-hydrogen) atoms. The highest BCUT2D eigenvalue weighted by Gasteiger charge is 2.35. The molecule has 0 heterocycles. The van der Waals surface area contributed by atoms with E-state index in [0.717, 1.165) is 37.1 Å². The van der Waals surface area contributed by atoms with Gasteiger partial charge in [0.05, 0.1) is 13.1 Å². The number of hydrogen-bond acceptors (Lipinski definition) is 2. The Kier molecular flexibility index (Phi) is 5.79. The maximum absolute atomic E-state index is 12.2. The first-order valence-electron chi connectivity index (χ1n) is 8.56. The van der Waals surface area contributed by atoms with E-state index in [1.54, 1.807) is 0 Å². The number of benzene rings is 1. The van der Waals surface area contributed by atoms with Gasteiger partial charge >= 0.3 is 0 Å². The van der Waals surface area contributed by atoms with E-state index in [1.165, 1.54) is 11.1 Å². The van der Waals surface area contributed by atoms with Crippen LogP contribution in [-0.2, 0) is 11.3 Å². The summed E-state index contributed by atoms with van der Waals surface area (Å²) in [5, 5.41) is 12.3. The van der Waals surface area contributed by atoms with E-state index in [4.69, 9.17) is 0 Å². The number of carbonyl (C=O) groups excluding carboxylic acids is 1. The fourth-order valence-corrected chi connectivity index (χ4v) is 3.26. The third-order valence-corrected chi connectivity index (χ3v) is 4.66. The van der Waals surface area contributed by atoms with Crippen molar-refractivity contribution in [3.63, 3.8) is 0 Å². The number of carbonyl (C=O) groups is 1. The van der Waals surface area contributed by atoms with Crippen molar-refractivity contribution in [1.29, 1.82) is 5.26 Å². The Hall–Kier alpha value is -1.86. The molecule has 1 aliphatic rings. The SMILES string of the molecule is CC(C)c1ccc(C[NH+](C)CC(=O)NC2(C#N)CCCC2)cc1. The maximum atomic E-state index is 12.2. The largest absolute Gasteiger partial charge is 0.333 e. The number of nitriles is 1. The number of amides is 1. The van der Waals surface area contributed by atoms with Gasteiger partial charge in [0, 0.05) is 5.56 Å². The predicted octanol–water partition coefficient (Wildman–Crippen LogP) is 1.78. The average molecular weight is 314 g/mol. The third kappa shape index (κ3) is 4.80. The van der Waals surface area contributed by atoms with Gasteiger partial charge in [-0.05, 0) is 37.2 Å². The summed E-state index contributed by atoms with van der Waals surface area (Å²) in [4.78, 5) is 13.4. The van der Waals surface area contributed by atoms with Gasteiger partial charge in [-0.2, -0.15) is 5.26 Å². The number of nitrogens with one attached hydrogen (secondary N) is 2. The molecule has 0 spiro atoms. The van der Waals surface area contributed by atoms with E-state index >= 15 is 0 Å². The molecule has 4 nitrogen and oxygen atoms in total. The Balaban J connectivity index is 1.85. The smallest absolute Gasteiger partial charge is 0.276 e. The van der Waals surface area contributed by atoms with E-state index in [-0.39, 0.29) is 5.91 Å². The lowest BCUT2D eigenvalue weighted by molar-refractivity contribution is -0.885. The average Bonchev–Trinajstić information content (AvgIpc) is 2.96. The molecule has 1 amide bonds. The van der Waals surface area contributed by atoms with Crippen molar-refractivity contribution in [3.05, 3.63) is 35.4 Å². The molecule has 1 aromatic carbocycles. The first-order chi connectivity index (χ1) is 10.9. The van der Waals surface area contributed by atoms with E-state index in [2.05, 4.69) is 49.5 Å². The van der Waals surface area contributed by atoms with Crippen LogP contribution in [0.3, 0.4) is 0 Å². The van der Waals surface area contributed by atoms with Crippen molar-refractivity contribution in [2.45, 2.75) is 57.5 Å². The minimum absolute atomic E-state index is 0.0234. The molecule has 2 rings (SSSR count). The van der Waals surface area contributed by atoms with Gasteiger partial charge in [-0.15, -0.1) is 0 Å². The third-order valence-electron chi connectivity index (χ3n) is 4.66. The molecule has 1 fully saturated rings. The van der Waals surface area contributed by atoms with Crippen molar-refractivity contribution in [2.75, 3.05) is 13.6 Å². The van der Waals surface area contributed by atoms with E-state index in [9.17, 15) is 10.1 Å². The van der Waals surface area contributed by atoms with Crippen LogP contribution < -0.4 is 10.2 Å². The molecule has 0 radical (unpaired) electrons. The van der Waals surface area contributed by atoms with Gasteiger partial charge in [0.15, 0.2) is 6.54 Å². The molecule has 1 saturated carbocycles. The molecule has 1 aliphatic carbocycles. The summed E-state index contributed by atoms with van der Waals surface area (Å²) in [5.41, 5.74) is 1.95. The number of quaternary nitrogens is 1. The van der Waals surface area contributed by atoms with E-state index in [1.807, 2.05) is 7.05 Å². The number of nitrogens with zero attached hydrogens (tertiary/aromatic N) is 1. The van der Waals surface area contributed by atoms with Crippen molar-refractivity contribution < 1.29 is 9.69 Å². The second-order valence-electron chi connectivity index (χ2n) is 7.16. The van der Waals surface area contributed by atoms with Gasteiger partial charge in [0.25, 0.3) is 5.91 Å². The van der Waals surface area contributed by atoms with Crippen LogP contribution in [0.1, 0.15) is 56.6 Å². The van der Waals surface area contributed by atoms with Crippen LogP contribution in [0.15, 0.2) is 24.3 Å². The van der Waals surface area contributed by atoms with Gasteiger partial charge in [-0.25, -0.2) is 0 Å². The van der Waals surface area contributed by atoms with Crippen LogP contribution in [0.5, 0.6) is 0 Å². The van der Waals surface area contributed by atoms with Gasteiger partial charge in [-0.3, -0.25) is 4.79 Å². The molecule has 4 heteroatoms. The predicted molar refractivity (Wildman–Crippen MR) is 90.9 cm³/mol. The van der Waals surface area contributed by atoms with E-state index in [0.29, 0.717) is 12.5 Å². The molecule has 1 unspecified atom stereocenters. The molecule has 0 aromatic heterocycles. The summed E-state index contributed by atoms with van der Waals surface area (Å²) in [5.74, 6) is 0.512. The van der Waals surface area contributed by atoms with Crippen LogP contribution in [0, 0.1) is 11.3 Å². The topological polar surface area (TPSA) is 57.3 Å². The zero-order valence-electron chi connectivity index (χ0n) is 14.5. The molecule has 1 atom stereocenters. The summed E-state index contributed by atoms with van der Waals surface area (Å²) >= 11 is 0. The summed E-state index contributed by atoms with van der Waals surface area (Å²) in [6.07, 6.45) is 3.62. The summed E-state index contributed by atoms with van der Waals surface area (Å²) in [7, 11) is 2.02. The number of hydrogen-bond donors (Lipinski definition) is 2. The lowest BCUT2D eigenvalue weighted by Gasteiger charge is -2.23. The summed E-state index contributed by atoms with van der Waals surface area (Å²) in [6, 6.07) is 10.9. The molecule has 0 saturated heterocycles. The highest BCUT2D eigenvalue weighted by molar-refractivity contribution is 5.78. The van der Waals surface area contributed by atoms with Gasteiger partial charge in [0.1, 0.15) is 12.1 Å². The Labute approximate surface area is 139 Å². The zero-order valence-corrected chi connectivity index (χ0v) is 14.5. The van der Waals surface area contributed by atoms with Gasteiger partial charge < -0.3 is 10.2 Å².